The zero-order valence-corrected chi connectivity index (χ0v) is 18.3. The number of ether oxygens (including phenoxy) is 1. The number of carbonyl (C=O) groups excluding carboxylic acids is 1. The van der Waals surface area contributed by atoms with E-state index >= 15 is 0 Å². The normalized spacial score (nSPS) is 15.2. The number of carbonyl (C=O) groups is 1. The molecule has 30 heavy (non-hydrogen) atoms. The summed E-state index contributed by atoms with van der Waals surface area (Å²) in [5, 5.41) is 11.8. The number of rotatable bonds is 5. The Balaban J connectivity index is 1.45. The predicted molar refractivity (Wildman–Crippen MR) is 114 cm³/mol. The fourth-order valence-electron chi connectivity index (χ4n) is 3.28. The van der Waals surface area contributed by atoms with Crippen molar-refractivity contribution in [2.75, 3.05) is 25.9 Å². The van der Waals surface area contributed by atoms with Crippen molar-refractivity contribution in [1.82, 2.24) is 19.8 Å². The molecule has 0 aliphatic carbocycles. The zero-order chi connectivity index (χ0) is 21.6. The van der Waals surface area contributed by atoms with Crippen LogP contribution in [0.4, 0.5) is 5.69 Å². The Morgan fingerprint density at radius 2 is 1.90 bits per heavy atom. The van der Waals surface area contributed by atoms with Crippen LogP contribution in [0, 0.1) is 13.8 Å². The summed E-state index contributed by atoms with van der Waals surface area (Å²) >= 11 is 1.18. The van der Waals surface area contributed by atoms with E-state index in [0.29, 0.717) is 21.1 Å². The summed E-state index contributed by atoms with van der Waals surface area (Å²) in [6.45, 7) is 4.13. The summed E-state index contributed by atoms with van der Waals surface area (Å²) in [6, 6.07) is 5.92. The van der Waals surface area contributed by atoms with Gasteiger partial charge in [-0.2, -0.15) is 9.40 Å². The van der Waals surface area contributed by atoms with Crippen molar-refractivity contribution in [1.29, 1.82) is 0 Å². The van der Waals surface area contributed by atoms with E-state index in [4.69, 9.17) is 10.5 Å². The van der Waals surface area contributed by atoms with Crippen LogP contribution in [0.15, 0.2) is 29.2 Å². The molecule has 158 valence electrons. The third kappa shape index (κ3) is 3.38. The Kier molecular flexibility index (Phi) is 5.12. The summed E-state index contributed by atoms with van der Waals surface area (Å²) in [4.78, 5) is 13.9. The van der Waals surface area contributed by atoms with Crippen LogP contribution < -0.4 is 15.8 Å². The molecule has 0 atom stereocenters. The van der Waals surface area contributed by atoms with Gasteiger partial charge in [0.25, 0.3) is 5.91 Å². The second kappa shape index (κ2) is 7.49. The lowest BCUT2D eigenvalue weighted by Crippen LogP contribution is -2.60. The maximum absolute atomic E-state index is 12.7. The van der Waals surface area contributed by atoms with Crippen molar-refractivity contribution in [2.24, 2.45) is 0 Å². The Morgan fingerprint density at radius 1 is 1.23 bits per heavy atom. The van der Waals surface area contributed by atoms with Crippen LogP contribution in [0.2, 0.25) is 0 Å². The van der Waals surface area contributed by atoms with Gasteiger partial charge in [0.05, 0.1) is 29.4 Å². The van der Waals surface area contributed by atoms with Crippen LogP contribution >= 0.6 is 11.3 Å². The minimum absolute atomic E-state index is 0.186. The highest BCUT2D eigenvalue weighted by atomic mass is 32.2. The molecule has 11 heteroatoms. The summed E-state index contributed by atoms with van der Waals surface area (Å²) in [5.74, 6) is 0.248. The van der Waals surface area contributed by atoms with Crippen LogP contribution in [0.3, 0.4) is 0 Å². The number of anilines is 1. The number of methoxy groups -OCH3 is 1. The second-order valence-electron chi connectivity index (χ2n) is 7.10. The Bertz CT molecular complexity index is 1230. The molecule has 0 unspecified atom stereocenters. The van der Waals surface area contributed by atoms with Gasteiger partial charge in [-0.05, 0) is 43.7 Å². The third-order valence-electron chi connectivity index (χ3n) is 5.22. The van der Waals surface area contributed by atoms with E-state index in [1.807, 2.05) is 13.8 Å². The number of nitrogen functional groups attached to an aromatic ring is 1. The molecular formula is C19H21N5O4S2. The largest absolute Gasteiger partial charge is 0.497 e. The molecule has 1 aromatic carbocycles. The molecule has 1 fully saturated rings. The van der Waals surface area contributed by atoms with Crippen LogP contribution in [0.25, 0.3) is 10.2 Å². The molecule has 1 saturated heterocycles. The van der Waals surface area contributed by atoms with Gasteiger partial charge < -0.3 is 15.8 Å². The van der Waals surface area contributed by atoms with Gasteiger partial charge in [0.15, 0.2) is 0 Å². The van der Waals surface area contributed by atoms with E-state index in [2.05, 4.69) is 15.5 Å². The summed E-state index contributed by atoms with van der Waals surface area (Å²) in [7, 11) is -2.10. The summed E-state index contributed by atoms with van der Waals surface area (Å²) in [5.41, 5.74) is 8.24. The number of nitrogens with one attached hydrogen (secondary N) is 1. The SMILES string of the molecule is COc1ccc(S(=O)(=O)N2CC(NC(=O)c3sc4nnc(C)c(C)c4c3N)C2)cc1. The molecule has 3 aromatic rings. The lowest BCUT2D eigenvalue weighted by molar-refractivity contribution is 0.0900. The van der Waals surface area contributed by atoms with Gasteiger partial charge in [-0.15, -0.1) is 16.4 Å². The second-order valence-corrected chi connectivity index (χ2v) is 10.0. The van der Waals surface area contributed by atoms with Crippen LogP contribution in [0.1, 0.15) is 20.9 Å². The fourth-order valence-corrected chi connectivity index (χ4v) is 5.82. The molecule has 1 aliphatic heterocycles. The van der Waals surface area contributed by atoms with Gasteiger partial charge in [-0.25, -0.2) is 8.42 Å². The van der Waals surface area contributed by atoms with Crippen molar-refractivity contribution in [2.45, 2.75) is 24.8 Å². The van der Waals surface area contributed by atoms with Gasteiger partial charge >= 0.3 is 0 Å². The van der Waals surface area contributed by atoms with Gasteiger partial charge in [-0.1, -0.05) is 0 Å². The van der Waals surface area contributed by atoms with Crippen molar-refractivity contribution in [3.8, 4) is 5.75 Å². The average Bonchev–Trinajstić information content (AvgIpc) is 3.04. The molecule has 0 saturated carbocycles. The van der Waals surface area contributed by atoms with Gasteiger partial charge in [-0.3, -0.25) is 4.79 Å². The number of sulfonamides is 1. The zero-order valence-electron chi connectivity index (χ0n) is 16.7. The number of aryl methyl sites for hydroxylation is 2. The molecule has 0 spiro atoms. The van der Waals surface area contributed by atoms with E-state index in [-0.39, 0.29) is 29.9 Å². The number of hydrogen-bond donors (Lipinski definition) is 2. The van der Waals surface area contributed by atoms with Gasteiger partial charge in [0.2, 0.25) is 10.0 Å². The van der Waals surface area contributed by atoms with Crippen molar-refractivity contribution in [3.63, 3.8) is 0 Å². The molecule has 0 bridgehead atoms. The first kappa shape index (κ1) is 20.5. The lowest BCUT2D eigenvalue weighted by Gasteiger charge is -2.38. The molecule has 2 aromatic heterocycles. The molecule has 4 rings (SSSR count). The Morgan fingerprint density at radius 3 is 2.53 bits per heavy atom. The minimum Gasteiger partial charge on any atom is -0.497 e. The molecule has 1 amide bonds. The van der Waals surface area contributed by atoms with Crippen molar-refractivity contribution >= 4 is 43.2 Å². The molecule has 3 heterocycles. The Labute approximate surface area is 177 Å². The first-order chi connectivity index (χ1) is 14.2. The molecule has 3 N–H and O–H groups in total. The highest BCUT2D eigenvalue weighted by Gasteiger charge is 2.38. The first-order valence-corrected chi connectivity index (χ1v) is 11.4. The molecule has 1 aliphatic rings. The topological polar surface area (TPSA) is 128 Å². The van der Waals surface area contributed by atoms with E-state index in [1.165, 1.54) is 34.9 Å². The van der Waals surface area contributed by atoms with Gasteiger partial charge in [0, 0.05) is 18.5 Å². The smallest absolute Gasteiger partial charge is 0.263 e. The summed E-state index contributed by atoms with van der Waals surface area (Å²) < 4.78 is 31.8. The van der Waals surface area contributed by atoms with Crippen molar-refractivity contribution < 1.29 is 17.9 Å². The highest BCUT2D eigenvalue weighted by Crippen LogP contribution is 2.35. The maximum Gasteiger partial charge on any atom is 0.263 e. The van der Waals surface area contributed by atoms with Crippen LogP contribution in [-0.4, -0.2) is 55.1 Å². The number of fused-ring (bicyclic) bond motifs is 1. The Hall–Kier alpha value is -2.76. The maximum atomic E-state index is 12.7. The van der Waals surface area contributed by atoms with E-state index in [0.717, 1.165) is 16.6 Å². The predicted octanol–water partition coefficient (Wildman–Crippen LogP) is 1.70. The lowest BCUT2D eigenvalue weighted by atomic mass is 10.1. The number of nitrogens with two attached hydrogens (primary N) is 1. The molecule has 9 nitrogen and oxygen atoms in total. The number of hydrogen-bond acceptors (Lipinski definition) is 8. The number of amides is 1. The number of benzene rings is 1. The third-order valence-corrected chi connectivity index (χ3v) is 8.16. The van der Waals surface area contributed by atoms with Crippen LogP contribution in [0.5, 0.6) is 5.75 Å². The van der Waals surface area contributed by atoms with Gasteiger partial charge in [0.1, 0.15) is 15.5 Å². The number of aromatic nitrogens is 2. The monoisotopic (exact) mass is 447 g/mol. The summed E-state index contributed by atoms with van der Waals surface area (Å²) in [6.07, 6.45) is 0. The average molecular weight is 448 g/mol. The highest BCUT2D eigenvalue weighted by molar-refractivity contribution is 7.89. The van der Waals surface area contributed by atoms with Crippen molar-refractivity contribution in [3.05, 3.63) is 40.4 Å². The van der Waals surface area contributed by atoms with E-state index in [9.17, 15) is 13.2 Å². The first-order valence-electron chi connectivity index (χ1n) is 9.19. The molecular weight excluding hydrogens is 426 g/mol. The molecule has 0 radical (unpaired) electrons. The number of nitrogens with zero attached hydrogens (tertiary/aromatic N) is 3. The minimum atomic E-state index is -3.61. The quantitative estimate of drug-likeness (QED) is 0.609. The fraction of sp³-hybridized carbons (Fsp3) is 0.316. The standard InChI is InChI=1S/C19H21N5O4S2/c1-10-11(2)22-23-19-15(10)16(20)17(29-19)18(25)21-12-8-24(9-12)30(26,27)14-6-4-13(28-3)5-7-14/h4-7,12H,8-9,20H2,1-3H3,(H,21,25). The van der Waals surface area contributed by atoms with Crippen LogP contribution in [-0.2, 0) is 10.0 Å². The number of thiophene rings is 1. The van der Waals surface area contributed by atoms with E-state index in [1.54, 1.807) is 12.1 Å². The van der Waals surface area contributed by atoms with E-state index < -0.39 is 10.0 Å².